The van der Waals surface area contributed by atoms with E-state index in [1.807, 2.05) is 24.7 Å². The van der Waals surface area contributed by atoms with Gasteiger partial charge in [0.05, 0.1) is 23.3 Å². The summed E-state index contributed by atoms with van der Waals surface area (Å²) in [7, 11) is 0. The van der Waals surface area contributed by atoms with Crippen LogP contribution in [0.15, 0.2) is 40.6 Å². The van der Waals surface area contributed by atoms with Gasteiger partial charge in [-0.05, 0) is 56.9 Å². The molecule has 1 atom stereocenters. The van der Waals surface area contributed by atoms with Crippen molar-refractivity contribution in [2.45, 2.75) is 66.9 Å². The standard InChI is InChI=1S/C25H29N7O2S/c1-16-13-24(15-34-16)6-10-31(11-7-24)23-28-14-18(21-27-9-12-32(21)23)35-17-3-8-26-20-19(17)29-22(33)25(30-20)4-2-5-25/h3,8-9,12,14,16H,2,4-7,10-11,13,15H2,1H3,(H,26,30)(H,29,33)/t16-/m0/s1. The molecule has 0 aromatic carbocycles. The van der Waals surface area contributed by atoms with E-state index in [2.05, 4.69) is 36.8 Å². The molecule has 6 heterocycles. The molecular formula is C25H29N7O2S. The maximum Gasteiger partial charge on any atom is 0.250 e. The summed E-state index contributed by atoms with van der Waals surface area (Å²) in [6.45, 7) is 5.01. The zero-order valence-corrected chi connectivity index (χ0v) is 20.6. The molecule has 1 saturated carbocycles. The van der Waals surface area contributed by atoms with Crippen LogP contribution in [0.4, 0.5) is 17.5 Å². The smallest absolute Gasteiger partial charge is 0.250 e. The number of rotatable bonds is 3. The van der Waals surface area contributed by atoms with Crippen LogP contribution >= 0.6 is 11.8 Å². The number of hydrogen-bond acceptors (Lipinski definition) is 8. The Morgan fingerprint density at radius 3 is 2.71 bits per heavy atom. The number of carbonyl (C=O) groups is 1. The van der Waals surface area contributed by atoms with Gasteiger partial charge in [-0.3, -0.25) is 9.20 Å². The molecule has 0 radical (unpaired) electrons. The predicted molar refractivity (Wildman–Crippen MR) is 134 cm³/mol. The van der Waals surface area contributed by atoms with Crippen molar-refractivity contribution >= 4 is 40.8 Å². The summed E-state index contributed by atoms with van der Waals surface area (Å²) >= 11 is 1.56. The van der Waals surface area contributed by atoms with Gasteiger partial charge in [-0.15, -0.1) is 0 Å². The molecule has 10 heteroatoms. The summed E-state index contributed by atoms with van der Waals surface area (Å²) < 4.78 is 7.98. The lowest BCUT2D eigenvalue weighted by atomic mass is 9.75. The monoisotopic (exact) mass is 491 g/mol. The molecule has 3 aromatic rings. The molecule has 4 aliphatic rings. The number of ether oxygens (including phenoxy) is 1. The quantitative estimate of drug-likeness (QED) is 0.568. The Labute approximate surface area is 208 Å². The minimum atomic E-state index is -0.488. The van der Waals surface area contributed by atoms with Gasteiger partial charge in [0.2, 0.25) is 11.9 Å². The van der Waals surface area contributed by atoms with Gasteiger partial charge in [-0.2, -0.15) is 0 Å². The summed E-state index contributed by atoms with van der Waals surface area (Å²) in [6.07, 6.45) is 14.1. The molecule has 3 aromatic heterocycles. The molecule has 3 aliphatic heterocycles. The van der Waals surface area contributed by atoms with E-state index in [9.17, 15) is 4.79 Å². The van der Waals surface area contributed by atoms with E-state index in [4.69, 9.17) is 9.72 Å². The molecule has 0 unspecified atom stereocenters. The highest BCUT2D eigenvalue weighted by molar-refractivity contribution is 7.99. The molecule has 7 rings (SSSR count). The van der Waals surface area contributed by atoms with Crippen LogP contribution in [0, 0.1) is 5.41 Å². The predicted octanol–water partition coefficient (Wildman–Crippen LogP) is 3.96. The average molecular weight is 492 g/mol. The Kier molecular flexibility index (Phi) is 4.79. The maximum absolute atomic E-state index is 12.8. The number of piperidine rings is 1. The number of amides is 1. The average Bonchev–Trinajstić information content (AvgIpc) is 3.46. The van der Waals surface area contributed by atoms with Crippen LogP contribution in [0.3, 0.4) is 0 Å². The number of carbonyl (C=O) groups excluding carboxylic acids is 1. The lowest BCUT2D eigenvalue weighted by Crippen LogP contribution is -2.57. The van der Waals surface area contributed by atoms with Crippen molar-refractivity contribution in [3.63, 3.8) is 0 Å². The van der Waals surface area contributed by atoms with Crippen LogP contribution in [-0.4, -0.2) is 56.6 Å². The minimum Gasteiger partial charge on any atom is -0.378 e. The largest absolute Gasteiger partial charge is 0.378 e. The number of fused-ring (bicyclic) bond motifs is 2. The molecule has 2 spiro atoms. The van der Waals surface area contributed by atoms with Gasteiger partial charge in [0, 0.05) is 42.8 Å². The Balaban J connectivity index is 1.15. The van der Waals surface area contributed by atoms with E-state index in [0.717, 1.165) is 91.1 Å². The van der Waals surface area contributed by atoms with E-state index >= 15 is 0 Å². The van der Waals surface area contributed by atoms with Crippen molar-refractivity contribution in [1.82, 2.24) is 19.4 Å². The van der Waals surface area contributed by atoms with Gasteiger partial charge in [-0.25, -0.2) is 15.0 Å². The lowest BCUT2D eigenvalue weighted by Gasteiger charge is -2.44. The molecule has 9 nitrogen and oxygen atoms in total. The number of nitrogens with zero attached hydrogens (tertiary/aromatic N) is 5. The van der Waals surface area contributed by atoms with Crippen LogP contribution in [0.5, 0.6) is 0 Å². The highest BCUT2D eigenvalue weighted by Crippen LogP contribution is 2.46. The number of pyridine rings is 1. The highest BCUT2D eigenvalue weighted by Gasteiger charge is 2.48. The van der Waals surface area contributed by atoms with Gasteiger partial charge >= 0.3 is 0 Å². The number of nitrogens with one attached hydrogen (secondary N) is 2. The molecule has 3 fully saturated rings. The summed E-state index contributed by atoms with van der Waals surface area (Å²) in [5.74, 6) is 1.71. The van der Waals surface area contributed by atoms with Gasteiger partial charge in [-0.1, -0.05) is 11.8 Å². The first-order valence-electron chi connectivity index (χ1n) is 12.5. The third kappa shape index (κ3) is 3.41. The van der Waals surface area contributed by atoms with Crippen LogP contribution in [-0.2, 0) is 9.53 Å². The Hall–Kier alpha value is -2.85. The number of aromatic nitrogens is 4. The van der Waals surface area contributed by atoms with Crippen molar-refractivity contribution in [3.05, 3.63) is 30.9 Å². The van der Waals surface area contributed by atoms with Crippen LogP contribution < -0.4 is 15.5 Å². The maximum atomic E-state index is 12.8. The minimum absolute atomic E-state index is 0.0375. The summed E-state index contributed by atoms with van der Waals surface area (Å²) in [4.78, 5) is 31.1. The molecular weight excluding hydrogens is 462 g/mol. The van der Waals surface area contributed by atoms with E-state index in [0.29, 0.717) is 11.5 Å². The van der Waals surface area contributed by atoms with Crippen LogP contribution in [0.2, 0.25) is 0 Å². The first kappa shape index (κ1) is 21.4. The molecule has 1 aliphatic carbocycles. The van der Waals surface area contributed by atoms with Gasteiger partial charge in [0.1, 0.15) is 5.54 Å². The summed E-state index contributed by atoms with van der Waals surface area (Å²) in [5, 5.41) is 6.53. The fraction of sp³-hybridized carbons (Fsp3) is 0.520. The molecule has 0 bridgehead atoms. The Bertz CT molecular complexity index is 1310. The van der Waals surface area contributed by atoms with Crippen LogP contribution in [0.25, 0.3) is 5.65 Å². The SMILES string of the molecule is C[C@H]1CC2(CCN(c3ncc(Sc4ccnc5c4NC(=O)C4(CCC4)N5)c4nccn34)CC2)CO1. The van der Waals surface area contributed by atoms with E-state index in [1.54, 1.807) is 18.0 Å². The second kappa shape index (κ2) is 7.83. The molecule has 1 amide bonds. The first-order chi connectivity index (χ1) is 17.0. The Morgan fingerprint density at radius 2 is 1.97 bits per heavy atom. The fourth-order valence-electron chi connectivity index (χ4n) is 6.03. The van der Waals surface area contributed by atoms with Gasteiger partial charge in [0.15, 0.2) is 11.5 Å². The Morgan fingerprint density at radius 1 is 1.11 bits per heavy atom. The number of hydrogen-bond donors (Lipinski definition) is 2. The van der Waals surface area contributed by atoms with Crippen molar-refractivity contribution in [1.29, 1.82) is 0 Å². The summed E-state index contributed by atoms with van der Waals surface area (Å²) in [6, 6.07) is 1.94. The summed E-state index contributed by atoms with van der Waals surface area (Å²) in [5.41, 5.74) is 1.45. The van der Waals surface area contributed by atoms with Crippen molar-refractivity contribution in [2.24, 2.45) is 5.41 Å². The van der Waals surface area contributed by atoms with E-state index in [1.165, 1.54) is 0 Å². The second-order valence-corrected chi connectivity index (χ2v) is 11.6. The number of anilines is 3. The van der Waals surface area contributed by atoms with E-state index in [-0.39, 0.29) is 5.91 Å². The van der Waals surface area contributed by atoms with Crippen LogP contribution in [0.1, 0.15) is 45.4 Å². The second-order valence-electron chi connectivity index (χ2n) is 10.5. The van der Waals surface area contributed by atoms with E-state index < -0.39 is 5.54 Å². The zero-order valence-electron chi connectivity index (χ0n) is 19.8. The zero-order chi connectivity index (χ0) is 23.6. The number of imidazole rings is 1. The highest BCUT2D eigenvalue weighted by atomic mass is 32.2. The molecule has 182 valence electrons. The third-order valence-electron chi connectivity index (χ3n) is 8.25. The van der Waals surface area contributed by atoms with Crippen molar-refractivity contribution in [2.75, 3.05) is 35.2 Å². The molecule has 2 saturated heterocycles. The van der Waals surface area contributed by atoms with Gasteiger partial charge < -0.3 is 20.3 Å². The molecule has 35 heavy (non-hydrogen) atoms. The van der Waals surface area contributed by atoms with Crippen molar-refractivity contribution in [3.8, 4) is 0 Å². The topological polar surface area (TPSA) is 96.7 Å². The molecule has 2 N–H and O–H groups in total. The lowest BCUT2D eigenvalue weighted by molar-refractivity contribution is -0.123. The normalized spacial score (nSPS) is 24.3. The van der Waals surface area contributed by atoms with Crippen molar-refractivity contribution < 1.29 is 9.53 Å². The third-order valence-corrected chi connectivity index (χ3v) is 9.31. The first-order valence-corrected chi connectivity index (χ1v) is 13.3. The van der Waals surface area contributed by atoms with Gasteiger partial charge in [0.25, 0.3) is 0 Å². The fourth-order valence-corrected chi connectivity index (χ4v) is 6.99.